The topological polar surface area (TPSA) is 72.2 Å². The number of hydrogen-bond donors (Lipinski definition) is 1. The van der Waals surface area contributed by atoms with E-state index in [9.17, 15) is 8.42 Å². The lowest BCUT2D eigenvalue weighted by atomic mass is 10.4. The molecule has 0 spiro atoms. The van der Waals surface area contributed by atoms with Crippen LogP contribution in [0.3, 0.4) is 0 Å². The molecule has 2 aromatic rings. The molecule has 0 unspecified atom stereocenters. The lowest BCUT2D eigenvalue weighted by Crippen LogP contribution is -2.23. The van der Waals surface area contributed by atoms with Gasteiger partial charge in [0.25, 0.3) is 0 Å². The first-order valence-corrected chi connectivity index (χ1v) is 7.84. The van der Waals surface area contributed by atoms with Crippen LogP contribution in [0, 0.1) is 13.8 Å². The van der Waals surface area contributed by atoms with Crippen LogP contribution in [0.25, 0.3) is 0 Å². The van der Waals surface area contributed by atoms with Crippen molar-refractivity contribution in [3.05, 3.63) is 46.1 Å². The predicted octanol–water partition coefficient (Wildman–Crippen LogP) is 2.53. The fraction of sp³-hybridized carbons (Fsp3) is 0.250. The standard InChI is InChI=1S/C12H13BrN2O3S/c1-8-12(18-9(2)15-8)7-14-19(16,17)11-5-3-10(13)4-6-11/h3-6,14H,7H2,1-2H3. The summed E-state index contributed by atoms with van der Waals surface area (Å²) < 4.78 is 32.7. The number of rotatable bonds is 4. The molecule has 1 heterocycles. The number of oxazole rings is 1. The van der Waals surface area contributed by atoms with Crippen LogP contribution in [0.4, 0.5) is 0 Å². The molecule has 5 nitrogen and oxygen atoms in total. The van der Waals surface area contributed by atoms with Gasteiger partial charge in [0, 0.05) is 11.4 Å². The zero-order valence-corrected chi connectivity index (χ0v) is 12.9. The summed E-state index contributed by atoms with van der Waals surface area (Å²) in [6, 6.07) is 6.42. The Morgan fingerprint density at radius 2 is 1.89 bits per heavy atom. The van der Waals surface area contributed by atoms with Gasteiger partial charge < -0.3 is 4.42 Å². The summed E-state index contributed by atoms with van der Waals surface area (Å²) in [7, 11) is -3.54. The highest BCUT2D eigenvalue weighted by molar-refractivity contribution is 9.10. The Kier molecular flexibility index (Phi) is 4.07. The van der Waals surface area contributed by atoms with Crippen molar-refractivity contribution in [2.75, 3.05) is 0 Å². The molecule has 0 saturated carbocycles. The van der Waals surface area contributed by atoms with E-state index in [4.69, 9.17) is 4.42 Å². The summed E-state index contributed by atoms with van der Waals surface area (Å²) in [4.78, 5) is 4.30. The van der Waals surface area contributed by atoms with Gasteiger partial charge in [0.2, 0.25) is 10.0 Å². The molecule has 7 heteroatoms. The lowest BCUT2D eigenvalue weighted by molar-refractivity contribution is 0.466. The van der Waals surface area contributed by atoms with E-state index in [1.807, 2.05) is 0 Å². The fourth-order valence-electron chi connectivity index (χ4n) is 1.60. The average Bonchev–Trinajstić information content (AvgIpc) is 2.66. The van der Waals surface area contributed by atoms with Crippen molar-refractivity contribution >= 4 is 26.0 Å². The largest absolute Gasteiger partial charge is 0.444 e. The third-order valence-electron chi connectivity index (χ3n) is 2.55. The number of nitrogens with zero attached hydrogens (tertiary/aromatic N) is 1. The van der Waals surface area contributed by atoms with Crippen LogP contribution >= 0.6 is 15.9 Å². The Morgan fingerprint density at radius 1 is 1.26 bits per heavy atom. The summed E-state index contributed by atoms with van der Waals surface area (Å²) >= 11 is 3.26. The van der Waals surface area contributed by atoms with Crippen molar-refractivity contribution in [3.63, 3.8) is 0 Å². The first-order chi connectivity index (χ1) is 8.88. The lowest BCUT2D eigenvalue weighted by Gasteiger charge is -2.05. The highest BCUT2D eigenvalue weighted by Crippen LogP contribution is 2.15. The van der Waals surface area contributed by atoms with Gasteiger partial charge in [-0.25, -0.2) is 18.1 Å². The second-order valence-electron chi connectivity index (χ2n) is 4.02. The molecule has 0 amide bonds. The summed E-state index contributed by atoms with van der Waals surface area (Å²) in [5.74, 6) is 1.05. The van der Waals surface area contributed by atoms with E-state index in [0.29, 0.717) is 17.3 Å². The predicted molar refractivity (Wildman–Crippen MR) is 74.1 cm³/mol. The Balaban J connectivity index is 2.14. The number of benzene rings is 1. The molecule has 1 aromatic heterocycles. The van der Waals surface area contributed by atoms with Gasteiger partial charge in [-0.1, -0.05) is 15.9 Å². The minimum atomic E-state index is -3.54. The summed E-state index contributed by atoms with van der Waals surface area (Å²) in [5.41, 5.74) is 0.691. The van der Waals surface area contributed by atoms with E-state index < -0.39 is 10.0 Å². The first kappa shape index (κ1) is 14.2. The zero-order valence-electron chi connectivity index (χ0n) is 10.5. The highest BCUT2D eigenvalue weighted by atomic mass is 79.9. The molecule has 0 atom stereocenters. The molecule has 0 aliphatic carbocycles. The molecule has 0 aliphatic heterocycles. The first-order valence-electron chi connectivity index (χ1n) is 5.56. The van der Waals surface area contributed by atoms with E-state index in [1.54, 1.807) is 26.0 Å². The number of sulfonamides is 1. The van der Waals surface area contributed by atoms with Crippen LogP contribution in [0.1, 0.15) is 17.3 Å². The average molecular weight is 345 g/mol. The van der Waals surface area contributed by atoms with E-state index in [1.165, 1.54) is 12.1 Å². The van der Waals surface area contributed by atoms with E-state index in [-0.39, 0.29) is 11.4 Å². The number of hydrogen-bond acceptors (Lipinski definition) is 4. The van der Waals surface area contributed by atoms with Gasteiger partial charge in [0.05, 0.1) is 17.1 Å². The van der Waals surface area contributed by atoms with Crippen molar-refractivity contribution in [2.45, 2.75) is 25.3 Å². The smallest absolute Gasteiger partial charge is 0.240 e. The second kappa shape index (κ2) is 5.44. The maximum atomic E-state index is 12.0. The van der Waals surface area contributed by atoms with Crippen molar-refractivity contribution < 1.29 is 12.8 Å². The summed E-state index contributed by atoms with van der Waals surface area (Å²) in [6.07, 6.45) is 0. The van der Waals surface area contributed by atoms with Gasteiger partial charge in [0.1, 0.15) is 5.76 Å². The molecule has 1 N–H and O–H groups in total. The molecule has 2 rings (SSSR count). The van der Waals surface area contributed by atoms with Crippen molar-refractivity contribution in [3.8, 4) is 0 Å². The quantitative estimate of drug-likeness (QED) is 0.924. The molecule has 19 heavy (non-hydrogen) atoms. The van der Waals surface area contributed by atoms with Crippen LogP contribution in [-0.2, 0) is 16.6 Å². The minimum Gasteiger partial charge on any atom is -0.444 e. The fourth-order valence-corrected chi connectivity index (χ4v) is 2.84. The number of halogens is 1. The molecule has 0 bridgehead atoms. The van der Waals surface area contributed by atoms with Gasteiger partial charge in [-0.2, -0.15) is 0 Å². The normalized spacial score (nSPS) is 11.7. The number of nitrogens with one attached hydrogen (secondary N) is 1. The van der Waals surface area contributed by atoms with Gasteiger partial charge >= 0.3 is 0 Å². The molecule has 0 fully saturated rings. The Morgan fingerprint density at radius 3 is 2.42 bits per heavy atom. The van der Waals surface area contributed by atoms with Crippen LogP contribution in [0.5, 0.6) is 0 Å². The van der Waals surface area contributed by atoms with Gasteiger partial charge in [-0.15, -0.1) is 0 Å². The maximum Gasteiger partial charge on any atom is 0.240 e. The monoisotopic (exact) mass is 344 g/mol. The van der Waals surface area contributed by atoms with Crippen LogP contribution < -0.4 is 4.72 Å². The summed E-state index contributed by atoms with van der Waals surface area (Å²) in [5, 5.41) is 0. The molecule has 0 aliphatic rings. The minimum absolute atomic E-state index is 0.0884. The van der Waals surface area contributed by atoms with E-state index >= 15 is 0 Å². The molecular formula is C12H13BrN2O3S. The highest BCUT2D eigenvalue weighted by Gasteiger charge is 2.15. The number of aryl methyl sites for hydroxylation is 2. The van der Waals surface area contributed by atoms with Crippen LogP contribution in [0.15, 0.2) is 38.1 Å². The van der Waals surface area contributed by atoms with Gasteiger partial charge in [-0.3, -0.25) is 0 Å². The Bertz CT molecular complexity index is 678. The van der Waals surface area contributed by atoms with Crippen molar-refractivity contribution in [1.29, 1.82) is 0 Å². The maximum absolute atomic E-state index is 12.0. The second-order valence-corrected chi connectivity index (χ2v) is 6.70. The van der Waals surface area contributed by atoms with Crippen molar-refractivity contribution in [2.24, 2.45) is 0 Å². The Labute approximate surface area is 120 Å². The Hall–Kier alpha value is -1.18. The number of aromatic nitrogens is 1. The molecule has 102 valence electrons. The summed E-state index contributed by atoms with van der Waals surface area (Å²) in [6.45, 7) is 3.59. The molecule has 1 aromatic carbocycles. The molecule has 0 radical (unpaired) electrons. The SMILES string of the molecule is Cc1nc(C)c(CNS(=O)(=O)c2ccc(Br)cc2)o1. The molecule has 0 saturated heterocycles. The van der Waals surface area contributed by atoms with Gasteiger partial charge in [0.15, 0.2) is 5.89 Å². The van der Waals surface area contributed by atoms with Crippen LogP contribution in [0.2, 0.25) is 0 Å². The van der Waals surface area contributed by atoms with E-state index in [0.717, 1.165) is 4.47 Å². The van der Waals surface area contributed by atoms with E-state index in [2.05, 4.69) is 25.6 Å². The van der Waals surface area contributed by atoms with Crippen molar-refractivity contribution in [1.82, 2.24) is 9.71 Å². The third kappa shape index (κ3) is 3.43. The third-order valence-corrected chi connectivity index (χ3v) is 4.49. The zero-order chi connectivity index (χ0) is 14.0. The van der Waals surface area contributed by atoms with Gasteiger partial charge in [-0.05, 0) is 31.2 Å². The molecular weight excluding hydrogens is 332 g/mol. The van der Waals surface area contributed by atoms with Crippen LogP contribution in [-0.4, -0.2) is 13.4 Å².